The number of para-hydroxylation sites is 1. The van der Waals surface area contributed by atoms with Crippen LogP contribution >= 0.6 is 0 Å². The Bertz CT molecular complexity index is 1180. The number of phenolic OH excluding ortho intramolecular Hbond substituents is 1. The predicted octanol–water partition coefficient (Wildman–Crippen LogP) is 3.63. The lowest BCUT2D eigenvalue weighted by Crippen LogP contribution is -2.37. The summed E-state index contributed by atoms with van der Waals surface area (Å²) < 4.78 is 13.6. The van der Waals surface area contributed by atoms with Gasteiger partial charge in [-0.05, 0) is 36.2 Å². The average molecular weight is 415 g/mol. The van der Waals surface area contributed by atoms with E-state index >= 15 is 0 Å². The van der Waals surface area contributed by atoms with Gasteiger partial charge in [0.1, 0.15) is 17.2 Å². The van der Waals surface area contributed by atoms with Crippen molar-refractivity contribution in [2.45, 2.75) is 19.4 Å². The van der Waals surface area contributed by atoms with Crippen molar-refractivity contribution < 1.29 is 17.1 Å². The number of carbonyl (C=O) groups excluding carboxylic acids is 1. The fourth-order valence-electron chi connectivity index (χ4n) is 3.16. The van der Waals surface area contributed by atoms with Crippen molar-refractivity contribution >= 4 is 23.0 Å². The monoisotopic (exact) mass is 415 g/mol. The van der Waals surface area contributed by atoms with Gasteiger partial charge in [-0.2, -0.15) is 0 Å². The summed E-state index contributed by atoms with van der Waals surface area (Å²) in [5, 5.41) is 16.2. The number of nitrogens with one attached hydrogen (secondary N) is 2. The molecule has 1 amide bonds. The maximum atomic E-state index is 13.6. The van der Waals surface area contributed by atoms with Crippen molar-refractivity contribution in [1.29, 1.82) is 0 Å². The second kappa shape index (κ2) is 8.36. The summed E-state index contributed by atoms with van der Waals surface area (Å²) in [6.07, 6.45) is 0.541. The number of anilines is 3. The first-order valence-electron chi connectivity index (χ1n) is 9.40. The summed E-state index contributed by atoms with van der Waals surface area (Å²) in [7, 11) is 3.11. The Kier molecular flexibility index (Phi) is 5.86. The van der Waals surface area contributed by atoms with Crippen LogP contribution in [0.5, 0.6) is 5.75 Å². The zero-order valence-electron chi connectivity index (χ0n) is 16.8. The van der Waals surface area contributed by atoms with Crippen molar-refractivity contribution in [3.63, 3.8) is 0 Å². The molecule has 0 unspecified atom stereocenters. The van der Waals surface area contributed by atoms with E-state index in [0.29, 0.717) is 12.0 Å². The Balaban J connectivity index is 0.00000256. The molecule has 0 aliphatic rings. The van der Waals surface area contributed by atoms with Gasteiger partial charge in [-0.15, -0.1) is 0 Å². The largest absolute Gasteiger partial charge is 0.505 e. The van der Waals surface area contributed by atoms with Crippen LogP contribution in [0, 0.1) is 5.82 Å². The summed E-state index contributed by atoms with van der Waals surface area (Å²) in [4.78, 5) is 37.8. The van der Waals surface area contributed by atoms with Gasteiger partial charge in [0.15, 0.2) is 5.75 Å². The zero-order valence-corrected chi connectivity index (χ0v) is 16.8. The Morgan fingerprint density at radius 1 is 1.13 bits per heavy atom. The highest BCUT2D eigenvalue weighted by molar-refractivity contribution is 5.99. The minimum absolute atomic E-state index is 0. The van der Waals surface area contributed by atoms with E-state index in [1.807, 2.05) is 6.92 Å². The SMILES string of the molecule is CC[C@@H](Nc1c(Nc2cccc(C(=O)N(C)C)c2O)c(=O)c1=O)c1cccc(F)c1.[HH].[HH]. The minimum Gasteiger partial charge on any atom is -0.505 e. The molecule has 3 rings (SSSR count). The first kappa shape index (κ1) is 21.0. The molecule has 3 N–H and O–H groups in total. The van der Waals surface area contributed by atoms with Gasteiger partial charge in [-0.3, -0.25) is 14.4 Å². The topological polar surface area (TPSA) is 98.7 Å². The number of halogens is 1. The Morgan fingerprint density at radius 3 is 2.43 bits per heavy atom. The first-order chi connectivity index (χ1) is 14.2. The molecule has 0 saturated carbocycles. The standard InChI is InChI=1S/C22H22FN3O4.2H2/c1-4-15(12-7-5-8-13(23)11-12)24-17-18(21(29)20(17)28)25-16-10-6-9-14(19(16)27)22(30)26(2)3;;/h5-11,15,24-25,27H,4H2,1-3H3;2*1H/t15-;;/m1../s1. The minimum atomic E-state index is -0.740. The van der Waals surface area contributed by atoms with E-state index in [0.717, 1.165) is 0 Å². The Morgan fingerprint density at radius 2 is 1.80 bits per heavy atom. The summed E-state index contributed by atoms with van der Waals surface area (Å²) >= 11 is 0. The van der Waals surface area contributed by atoms with Gasteiger partial charge in [-0.1, -0.05) is 25.1 Å². The van der Waals surface area contributed by atoms with Gasteiger partial charge < -0.3 is 20.6 Å². The van der Waals surface area contributed by atoms with Crippen LogP contribution < -0.4 is 21.5 Å². The van der Waals surface area contributed by atoms with Crippen LogP contribution in [0.3, 0.4) is 0 Å². The van der Waals surface area contributed by atoms with Gasteiger partial charge in [0, 0.05) is 16.9 Å². The molecule has 1 atom stereocenters. The fourth-order valence-corrected chi connectivity index (χ4v) is 3.16. The van der Waals surface area contributed by atoms with Crippen LogP contribution in [0.4, 0.5) is 21.5 Å². The van der Waals surface area contributed by atoms with E-state index in [2.05, 4.69) is 10.6 Å². The molecule has 3 aromatic rings. The highest BCUT2D eigenvalue weighted by atomic mass is 19.1. The number of amides is 1. The summed E-state index contributed by atoms with van der Waals surface area (Å²) in [5.74, 6) is -1.13. The summed E-state index contributed by atoms with van der Waals surface area (Å²) in [5.41, 5.74) is -0.582. The molecule has 0 aromatic heterocycles. The Labute approximate surface area is 175 Å². The maximum Gasteiger partial charge on any atom is 0.257 e. The number of hydrogen-bond acceptors (Lipinski definition) is 6. The average Bonchev–Trinajstić information content (AvgIpc) is 2.73. The van der Waals surface area contributed by atoms with E-state index in [1.165, 1.54) is 29.2 Å². The molecule has 8 heteroatoms. The molecule has 0 bridgehead atoms. The zero-order chi connectivity index (χ0) is 22.0. The highest BCUT2D eigenvalue weighted by Gasteiger charge is 2.25. The molecule has 0 saturated heterocycles. The van der Waals surface area contributed by atoms with E-state index in [1.54, 1.807) is 32.3 Å². The Hall–Kier alpha value is -3.68. The number of phenols is 1. The van der Waals surface area contributed by atoms with E-state index in [9.17, 15) is 23.9 Å². The molecule has 0 heterocycles. The van der Waals surface area contributed by atoms with Crippen molar-refractivity contribution in [1.82, 2.24) is 4.90 Å². The third kappa shape index (κ3) is 3.89. The molecular weight excluding hydrogens is 389 g/mol. The van der Waals surface area contributed by atoms with Crippen LogP contribution in [-0.2, 0) is 0 Å². The lowest BCUT2D eigenvalue weighted by atomic mass is 10.0. The quantitative estimate of drug-likeness (QED) is 0.403. The van der Waals surface area contributed by atoms with E-state index < -0.39 is 22.6 Å². The second-order valence-electron chi connectivity index (χ2n) is 7.09. The number of nitrogens with zero attached hydrogens (tertiary/aromatic N) is 1. The number of aromatic hydroxyl groups is 1. The van der Waals surface area contributed by atoms with Gasteiger partial charge in [-0.25, -0.2) is 4.39 Å². The molecule has 160 valence electrons. The molecule has 3 aromatic carbocycles. The van der Waals surface area contributed by atoms with Crippen molar-refractivity contribution in [2.24, 2.45) is 0 Å². The summed E-state index contributed by atoms with van der Waals surface area (Å²) in [6, 6.07) is 10.1. The molecular formula is C22H26FN3O4. The third-order valence-electron chi connectivity index (χ3n) is 4.82. The predicted molar refractivity (Wildman–Crippen MR) is 118 cm³/mol. The van der Waals surface area contributed by atoms with Gasteiger partial charge in [0.2, 0.25) is 0 Å². The number of carbonyl (C=O) groups is 1. The number of benzene rings is 2. The maximum absolute atomic E-state index is 13.6. The van der Waals surface area contributed by atoms with Crippen molar-refractivity contribution in [3.8, 4) is 5.75 Å². The van der Waals surface area contributed by atoms with Crippen molar-refractivity contribution in [3.05, 3.63) is 79.9 Å². The molecule has 7 nitrogen and oxygen atoms in total. The third-order valence-corrected chi connectivity index (χ3v) is 4.82. The molecule has 0 fully saturated rings. The second-order valence-corrected chi connectivity index (χ2v) is 7.09. The molecule has 0 aliphatic carbocycles. The molecule has 30 heavy (non-hydrogen) atoms. The molecule has 0 spiro atoms. The van der Waals surface area contributed by atoms with Gasteiger partial charge in [0.25, 0.3) is 16.8 Å². The highest BCUT2D eigenvalue weighted by Crippen LogP contribution is 2.33. The lowest BCUT2D eigenvalue weighted by molar-refractivity contribution is 0.0824. The van der Waals surface area contributed by atoms with Crippen LogP contribution in [-0.4, -0.2) is 30.0 Å². The lowest BCUT2D eigenvalue weighted by Gasteiger charge is -2.22. The van der Waals surface area contributed by atoms with E-state index in [-0.39, 0.29) is 37.3 Å². The molecule has 0 aliphatic heterocycles. The fraction of sp³-hybridized carbons (Fsp3) is 0.227. The number of rotatable bonds is 7. The van der Waals surface area contributed by atoms with Crippen molar-refractivity contribution in [2.75, 3.05) is 24.7 Å². The molecule has 0 radical (unpaired) electrons. The van der Waals surface area contributed by atoms with Gasteiger partial charge in [0.05, 0.1) is 17.3 Å². The summed E-state index contributed by atoms with van der Waals surface area (Å²) in [6.45, 7) is 1.86. The van der Waals surface area contributed by atoms with Crippen LogP contribution in [0.1, 0.15) is 38.2 Å². The van der Waals surface area contributed by atoms with Crippen LogP contribution in [0.15, 0.2) is 52.1 Å². The van der Waals surface area contributed by atoms with E-state index in [4.69, 9.17) is 0 Å². The van der Waals surface area contributed by atoms with Crippen LogP contribution in [0.25, 0.3) is 0 Å². The van der Waals surface area contributed by atoms with Gasteiger partial charge >= 0.3 is 0 Å². The van der Waals surface area contributed by atoms with Crippen LogP contribution in [0.2, 0.25) is 0 Å². The normalized spacial score (nSPS) is 11.9. The number of hydrogen-bond donors (Lipinski definition) is 3. The first-order valence-corrected chi connectivity index (χ1v) is 9.40. The smallest absolute Gasteiger partial charge is 0.257 e.